The Labute approximate surface area is 122 Å². The molecule has 4 nitrogen and oxygen atoms in total. The molecule has 3 aliphatic heterocycles. The number of nitrogens with zero attached hydrogens (tertiary/aromatic N) is 2. The highest BCUT2D eigenvalue weighted by molar-refractivity contribution is 5.83. The van der Waals surface area contributed by atoms with Crippen molar-refractivity contribution >= 4 is 5.91 Å². The lowest BCUT2D eigenvalue weighted by Gasteiger charge is -2.41. The van der Waals surface area contributed by atoms with Crippen LogP contribution in [0.15, 0.2) is 0 Å². The highest BCUT2D eigenvalue weighted by Gasteiger charge is 2.42. The Morgan fingerprint density at radius 3 is 2.70 bits per heavy atom. The standard InChI is InChI=1S/C16H29N3O/c1-16(2)8-4-9-17-14(16)15(20)19-10-7-12-5-6-13(11-19)18(12)3/h12-14,17H,4-11H2,1-3H3. The van der Waals surface area contributed by atoms with Gasteiger partial charge in [-0.1, -0.05) is 13.8 Å². The van der Waals surface area contributed by atoms with E-state index in [-0.39, 0.29) is 11.5 Å². The molecule has 0 spiro atoms. The number of likely N-dealkylation sites (tertiary alicyclic amines) is 1. The number of carbonyl (C=O) groups is 1. The lowest BCUT2D eigenvalue weighted by atomic mass is 9.77. The van der Waals surface area contributed by atoms with Gasteiger partial charge in [0.15, 0.2) is 0 Å². The van der Waals surface area contributed by atoms with Gasteiger partial charge >= 0.3 is 0 Å². The zero-order valence-corrected chi connectivity index (χ0v) is 13.2. The average Bonchev–Trinajstić information content (AvgIpc) is 2.62. The van der Waals surface area contributed by atoms with Gasteiger partial charge in [0.25, 0.3) is 0 Å². The van der Waals surface area contributed by atoms with Crippen LogP contribution in [0.2, 0.25) is 0 Å². The minimum Gasteiger partial charge on any atom is -0.340 e. The molecule has 114 valence electrons. The summed E-state index contributed by atoms with van der Waals surface area (Å²) in [6.45, 7) is 7.33. The summed E-state index contributed by atoms with van der Waals surface area (Å²) in [7, 11) is 2.24. The Balaban J connectivity index is 1.71. The fourth-order valence-electron chi connectivity index (χ4n) is 4.32. The van der Waals surface area contributed by atoms with Gasteiger partial charge in [0.05, 0.1) is 6.04 Å². The van der Waals surface area contributed by atoms with Crippen LogP contribution in [0.4, 0.5) is 0 Å². The highest BCUT2D eigenvalue weighted by atomic mass is 16.2. The fourth-order valence-corrected chi connectivity index (χ4v) is 4.32. The SMILES string of the molecule is CN1C2CCC1CN(C(=O)C1NCCCC1(C)C)CC2. The van der Waals surface area contributed by atoms with E-state index >= 15 is 0 Å². The minimum atomic E-state index is 0.0122. The van der Waals surface area contributed by atoms with Gasteiger partial charge in [-0.25, -0.2) is 0 Å². The zero-order valence-electron chi connectivity index (χ0n) is 13.2. The van der Waals surface area contributed by atoms with Crippen molar-refractivity contribution in [2.75, 3.05) is 26.7 Å². The van der Waals surface area contributed by atoms with Crippen molar-refractivity contribution in [3.8, 4) is 0 Å². The Kier molecular flexibility index (Phi) is 3.80. The van der Waals surface area contributed by atoms with E-state index in [4.69, 9.17) is 0 Å². The third kappa shape index (κ3) is 2.48. The quantitative estimate of drug-likeness (QED) is 0.789. The van der Waals surface area contributed by atoms with Gasteiger partial charge in [-0.3, -0.25) is 9.69 Å². The molecule has 1 N–H and O–H groups in total. The molecule has 0 radical (unpaired) electrons. The van der Waals surface area contributed by atoms with Crippen molar-refractivity contribution in [3.63, 3.8) is 0 Å². The van der Waals surface area contributed by atoms with Crippen molar-refractivity contribution in [2.45, 2.75) is 64.1 Å². The molecule has 3 unspecified atom stereocenters. The van der Waals surface area contributed by atoms with Crippen molar-refractivity contribution in [1.29, 1.82) is 0 Å². The molecule has 3 fully saturated rings. The molecular weight excluding hydrogens is 250 g/mol. The van der Waals surface area contributed by atoms with Gasteiger partial charge in [-0.05, 0) is 51.1 Å². The number of amides is 1. The van der Waals surface area contributed by atoms with Crippen LogP contribution in [-0.4, -0.2) is 60.5 Å². The summed E-state index contributed by atoms with van der Waals surface area (Å²) in [6.07, 6.45) is 6.05. The van der Waals surface area contributed by atoms with E-state index < -0.39 is 0 Å². The average molecular weight is 279 g/mol. The number of carbonyl (C=O) groups excluding carboxylic acids is 1. The van der Waals surface area contributed by atoms with E-state index in [0.29, 0.717) is 18.0 Å². The first-order chi connectivity index (χ1) is 9.49. The summed E-state index contributed by atoms with van der Waals surface area (Å²) >= 11 is 0. The van der Waals surface area contributed by atoms with Crippen LogP contribution in [0.3, 0.4) is 0 Å². The van der Waals surface area contributed by atoms with Gasteiger partial charge in [-0.15, -0.1) is 0 Å². The molecule has 0 aromatic rings. The van der Waals surface area contributed by atoms with E-state index in [1.54, 1.807) is 0 Å². The summed E-state index contributed by atoms with van der Waals surface area (Å²) in [5.74, 6) is 0.343. The molecule has 3 atom stereocenters. The molecule has 0 aliphatic carbocycles. The molecule has 3 aliphatic rings. The van der Waals surface area contributed by atoms with Crippen molar-refractivity contribution in [3.05, 3.63) is 0 Å². The van der Waals surface area contributed by atoms with Crippen LogP contribution in [0.25, 0.3) is 0 Å². The number of likely N-dealkylation sites (N-methyl/N-ethyl adjacent to an activating group) is 1. The van der Waals surface area contributed by atoms with Crippen LogP contribution in [0, 0.1) is 5.41 Å². The van der Waals surface area contributed by atoms with Gasteiger partial charge in [0, 0.05) is 25.2 Å². The first-order valence-corrected chi connectivity index (χ1v) is 8.23. The summed E-state index contributed by atoms with van der Waals surface area (Å²) < 4.78 is 0. The van der Waals surface area contributed by atoms with Gasteiger partial charge in [0.1, 0.15) is 0 Å². The Morgan fingerprint density at radius 1 is 1.20 bits per heavy atom. The summed E-state index contributed by atoms with van der Waals surface area (Å²) in [4.78, 5) is 17.6. The van der Waals surface area contributed by atoms with Crippen LogP contribution in [-0.2, 0) is 4.79 Å². The highest BCUT2D eigenvalue weighted by Crippen LogP contribution is 2.33. The van der Waals surface area contributed by atoms with Gasteiger partial charge < -0.3 is 10.2 Å². The first-order valence-electron chi connectivity index (χ1n) is 8.23. The predicted octanol–water partition coefficient (Wildman–Crippen LogP) is 1.46. The number of nitrogens with one attached hydrogen (secondary N) is 1. The molecule has 3 rings (SSSR count). The number of fused-ring (bicyclic) bond motifs is 2. The lowest BCUT2D eigenvalue weighted by Crippen LogP contribution is -2.57. The van der Waals surface area contributed by atoms with Gasteiger partial charge in [0.2, 0.25) is 5.91 Å². The van der Waals surface area contributed by atoms with Crippen LogP contribution in [0.5, 0.6) is 0 Å². The maximum absolute atomic E-state index is 12.9. The van der Waals surface area contributed by atoms with E-state index in [2.05, 4.69) is 36.0 Å². The Hall–Kier alpha value is -0.610. The first kappa shape index (κ1) is 14.3. The van der Waals surface area contributed by atoms with Crippen molar-refractivity contribution in [2.24, 2.45) is 5.41 Å². The van der Waals surface area contributed by atoms with Crippen molar-refractivity contribution < 1.29 is 4.79 Å². The topological polar surface area (TPSA) is 35.6 Å². The monoisotopic (exact) mass is 279 g/mol. The third-order valence-corrected chi connectivity index (χ3v) is 5.83. The second-order valence-electron chi connectivity index (χ2n) is 7.60. The van der Waals surface area contributed by atoms with E-state index in [1.165, 1.54) is 19.3 Å². The minimum absolute atomic E-state index is 0.0122. The number of rotatable bonds is 1. The molecule has 2 bridgehead atoms. The Morgan fingerprint density at radius 2 is 1.95 bits per heavy atom. The number of hydrogen-bond donors (Lipinski definition) is 1. The summed E-state index contributed by atoms with van der Waals surface area (Å²) in [6, 6.07) is 1.29. The fraction of sp³-hybridized carbons (Fsp3) is 0.938. The van der Waals surface area contributed by atoms with Crippen LogP contribution >= 0.6 is 0 Å². The van der Waals surface area contributed by atoms with Crippen LogP contribution in [0.1, 0.15) is 46.0 Å². The molecule has 3 saturated heterocycles. The van der Waals surface area contributed by atoms with Crippen LogP contribution < -0.4 is 5.32 Å². The van der Waals surface area contributed by atoms with E-state index in [9.17, 15) is 4.79 Å². The number of piperidine rings is 1. The van der Waals surface area contributed by atoms with Gasteiger partial charge in [-0.2, -0.15) is 0 Å². The molecule has 1 amide bonds. The smallest absolute Gasteiger partial charge is 0.240 e. The lowest BCUT2D eigenvalue weighted by molar-refractivity contribution is -0.137. The number of hydrogen-bond acceptors (Lipinski definition) is 3. The third-order valence-electron chi connectivity index (χ3n) is 5.83. The predicted molar refractivity (Wildman–Crippen MR) is 80.6 cm³/mol. The van der Waals surface area contributed by atoms with E-state index in [0.717, 1.165) is 32.5 Å². The molecule has 0 saturated carbocycles. The molecule has 0 aromatic carbocycles. The second-order valence-corrected chi connectivity index (χ2v) is 7.60. The van der Waals surface area contributed by atoms with Crippen molar-refractivity contribution in [1.82, 2.24) is 15.1 Å². The van der Waals surface area contributed by atoms with E-state index in [1.807, 2.05) is 0 Å². The Bertz CT molecular complexity index is 382. The summed E-state index contributed by atoms with van der Waals surface area (Å²) in [5.41, 5.74) is 0.0898. The molecule has 3 heterocycles. The molecular formula is C16H29N3O. The zero-order chi connectivity index (χ0) is 14.3. The molecule has 0 aromatic heterocycles. The maximum Gasteiger partial charge on any atom is 0.240 e. The molecule has 4 heteroatoms. The molecule has 20 heavy (non-hydrogen) atoms. The largest absolute Gasteiger partial charge is 0.340 e. The summed E-state index contributed by atoms with van der Waals surface area (Å²) in [5, 5.41) is 3.48. The maximum atomic E-state index is 12.9. The second kappa shape index (κ2) is 5.30. The normalized spacial score (nSPS) is 37.8.